The molecule has 25 heavy (non-hydrogen) atoms. The first-order valence-corrected chi connectivity index (χ1v) is 8.38. The van der Waals surface area contributed by atoms with Gasteiger partial charge in [0.2, 0.25) is 0 Å². The van der Waals surface area contributed by atoms with Crippen LogP contribution in [0.15, 0.2) is 42.6 Å². The lowest BCUT2D eigenvalue weighted by Crippen LogP contribution is -2.32. The van der Waals surface area contributed by atoms with Crippen LogP contribution in [0.1, 0.15) is 47.5 Å². The third-order valence-electron chi connectivity index (χ3n) is 3.64. The van der Waals surface area contributed by atoms with Crippen LogP contribution < -0.4 is 5.32 Å². The zero-order valence-corrected chi connectivity index (χ0v) is 14.5. The molecular formula is C19H22FN3O2. The molecule has 0 bridgehead atoms. The zero-order chi connectivity index (χ0) is 18.2. The summed E-state index contributed by atoms with van der Waals surface area (Å²) in [6.45, 7) is 5.34. The number of carbonyl (C=O) groups excluding carboxylic acids is 2. The van der Waals surface area contributed by atoms with Gasteiger partial charge in [0.15, 0.2) is 0 Å². The SMILES string of the molecule is CCCN(CCC)C(=O)c1ccnc(C(=O)Nc2ccccc2F)c1. The molecule has 1 heterocycles. The minimum absolute atomic E-state index is 0.0713. The third-order valence-corrected chi connectivity index (χ3v) is 3.64. The number of benzene rings is 1. The van der Waals surface area contributed by atoms with Gasteiger partial charge in [-0.25, -0.2) is 4.39 Å². The molecular weight excluding hydrogens is 321 g/mol. The first-order valence-electron chi connectivity index (χ1n) is 8.38. The van der Waals surface area contributed by atoms with Crippen LogP contribution in [0.3, 0.4) is 0 Å². The lowest BCUT2D eigenvalue weighted by atomic mass is 10.1. The molecule has 1 aromatic carbocycles. The van der Waals surface area contributed by atoms with Crippen molar-refractivity contribution in [2.45, 2.75) is 26.7 Å². The number of nitrogens with zero attached hydrogens (tertiary/aromatic N) is 2. The van der Waals surface area contributed by atoms with Crippen LogP contribution in [0.4, 0.5) is 10.1 Å². The van der Waals surface area contributed by atoms with Gasteiger partial charge >= 0.3 is 0 Å². The van der Waals surface area contributed by atoms with Crippen LogP contribution in [0, 0.1) is 5.82 Å². The van der Waals surface area contributed by atoms with Crippen LogP contribution >= 0.6 is 0 Å². The molecule has 2 rings (SSSR count). The molecule has 0 spiro atoms. The molecule has 0 unspecified atom stereocenters. The molecule has 0 aliphatic rings. The van der Waals surface area contributed by atoms with Gasteiger partial charge < -0.3 is 10.2 Å². The van der Waals surface area contributed by atoms with Crippen molar-refractivity contribution in [3.05, 3.63) is 59.7 Å². The molecule has 2 amide bonds. The van der Waals surface area contributed by atoms with Gasteiger partial charge in [-0.15, -0.1) is 0 Å². The van der Waals surface area contributed by atoms with E-state index in [0.29, 0.717) is 18.7 Å². The topological polar surface area (TPSA) is 62.3 Å². The van der Waals surface area contributed by atoms with E-state index >= 15 is 0 Å². The second kappa shape index (κ2) is 8.92. The predicted molar refractivity (Wildman–Crippen MR) is 95.1 cm³/mol. The highest BCUT2D eigenvalue weighted by Gasteiger charge is 2.17. The molecule has 0 aliphatic carbocycles. The molecule has 0 atom stereocenters. The number of rotatable bonds is 7. The van der Waals surface area contributed by atoms with Crippen LogP contribution in [-0.2, 0) is 0 Å². The third kappa shape index (κ3) is 4.86. The fourth-order valence-corrected chi connectivity index (χ4v) is 2.47. The molecule has 0 saturated carbocycles. The maximum Gasteiger partial charge on any atom is 0.274 e. The van der Waals surface area contributed by atoms with Gasteiger partial charge in [-0.2, -0.15) is 0 Å². The Morgan fingerprint density at radius 2 is 1.80 bits per heavy atom. The monoisotopic (exact) mass is 343 g/mol. The summed E-state index contributed by atoms with van der Waals surface area (Å²) in [6, 6.07) is 8.91. The van der Waals surface area contributed by atoms with Crippen LogP contribution in [0.25, 0.3) is 0 Å². The summed E-state index contributed by atoms with van der Waals surface area (Å²) in [4.78, 5) is 30.7. The van der Waals surface area contributed by atoms with Gasteiger partial charge in [-0.1, -0.05) is 26.0 Å². The van der Waals surface area contributed by atoms with E-state index in [1.165, 1.54) is 24.4 Å². The van der Waals surface area contributed by atoms with Gasteiger partial charge in [-0.05, 0) is 37.1 Å². The molecule has 2 aromatic rings. The van der Waals surface area contributed by atoms with Gasteiger partial charge in [0, 0.05) is 24.8 Å². The lowest BCUT2D eigenvalue weighted by molar-refractivity contribution is 0.0755. The average molecular weight is 343 g/mol. The Bertz CT molecular complexity index is 743. The molecule has 0 aliphatic heterocycles. The molecule has 1 N–H and O–H groups in total. The Kier molecular flexibility index (Phi) is 6.62. The Labute approximate surface area is 146 Å². The van der Waals surface area contributed by atoms with Crippen LogP contribution in [-0.4, -0.2) is 34.8 Å². The van der Waals surface area contributed by atoms with E-state index in [-0.39, 0.29) is 17.3 Å². The number of nitrogens with one attached hydrogen (secondary N) is 1. The first-order chi connectivity index (χ1) is 12.1. The van der Waals surface area contributed by atoms with Crippen molar-refractivity contribution in [1.29, 1.82) is 0 Å². The van der Waals surface area contributed by atoms with E-state index in [1.54, 1.807) is 23.1 Å². The molecule has 1 aromatic heterocycles. The number of aromatic nitrogens is 1. The van der Waals surface area contributed by atoms with Crippen molar-refractivity contribution >= 4 is 17.5 Å². The Morgan fingerprint density at radius 1 is 1.12 bits per heavy atom. The van der Waals surface area contributed by atoms with E-state index in [4.69, 9.17) is 0 Å². The molecule has 132 valence electrons. The Hall–Kier alpha value is -2.76. The number of halogens is 1. The van der Waals surface area contributed by atoms with Crippen molar-refractivity contribution in [3.63, 3.8) is 0 Å². The van der Waals surface area contributed by atoms with Gasteiger partial charge in [0.1, 0.15) is 11.5 Å². The van der Waals surface area contributed by atoms with Crippen molar-refractivity contribution in [2.24, 2.45) is 0 Å². The number of carbonyl (C=O) groups is 2. The van der Waals surface area contributed by atoms with Crippen molar-refractivity contribution < 1.29 is 14.0 Å². The van der Waals surface area contributed by atoms with E-state index in [2.05, 4.69) is 10.3 Å². The normalized spacial score (nSPS) is 10.4. The van der Waals surface area contributed by atoms with Crippen molar-refractivity contribution in [2.75, 3.05) is 18.4 Å². The summed E-state index contributed by atoms with van der Waals surface area (Å²) in [5.74, 6) is -1.22. The Balaban J connectivity index is 2.18. The summed E-state index contributed by atoms with van der Waals surface area (Å²) in [7, 11) is 0. The maximum absolute atomic E-state index is 13.7. The number of amides is 2. The van der Waals surface area contributed by atoms with Crippen LogP contribution in [0.2, 0.25) is 0 Å². The van der Waals surface area contributed by atoms with Gasteiger partial charge in [0.05, 0.1) is 5.69 Å². The summed E-state index contributed by atoms with van der Waals surface area (Å²) < 4.78 is 13.7. The van der Waals surface area contributed by atoms with Crippen molar-refractivity contribution in [3.8, 4) is 0 Å². The molecule has 5 nitrogen and oxygen atoms in total. The largest absolute Gasteiger partial charge is 0.339 e. The predicted octanol–water partition coefficient (Wildman–Crippen LogP) is 3.74. The smallest absolute Gasteiger partial charge is 0.274 e. The second-order valence-electron chi connectivity index (χ2n) is 5.66. The summed E-state index contributed by atoms with van der Waals surface area (Å²) >= 11 is 0. The van der Waals surface area contributed by atoms with Crippen LogP contribution in [0.5, 0.6) is 0 Å². The summed E-state index contributed by atoms with van der Waals surface area (Å²) in [5, 5.41) is 2.47. The van der Waals surface area contributed by atoms with E-state index < -0.39 is 11.7 Å². The standard InChI is InChI=1S/C19H22FN3O2/c1-3-11-23(12-4-2)19(25)14-9-10-21-17(13-14)18(24)22-16-8-6-5-7-15(16)20/h5-10,13H,3-4,11-12H2,1-2H3,(H,22,24). The van der Waals surface area contributed by atoms with Gasteiger partial charge in [-0.3, -0.25) is 14.6 Å². The van der Waals surface area contributed by atoms with Crippen molar-refractivity contribution in [1.82, 2.24) is 9.88 Å². The molecule has 0 fully saturated rings. The minimum atomic E-state index is -0.558. The first kappa shape index (κ1) is 18.6. The van der Waals surface area contributed by atoms with E-state index in [0.717, 1.165) is 12.8 Å². The molecule has 0 saturated heterocycles. The number of para-hydroxylation sites is 1. The number of hydrogen-bond donors (Lipinski definition) is 1. The Morgan fingerprint density at radius 3 is 2.44 bits per heavy atom. The van der Waals surface area contributed by atoms with E-state index in [1.807, 2.05) is 13.8 Å². The van der Waals surface area contributed by atoms with E-state index in [9.17, 15) is 14.0 Å². The quantitative estimate of drug-likeness (QED) is 0.833. The lowest BCUT2D eigenvalue weighted by Gasteiger charge is -2.21. The summed E-state index contributed by atoms with van der Waals surface area (Å²) in [6.07, 6.45) is 3.13. The maximum atomic E-state index is 13.7. The molecule has 6 heteroatoms. The number of pyridine rings is 1. The number of hydrogen-bond acceptors (Lipinski definition) is 3. The fraction of sp³-hybridized carbons (Fsp3) is 0.316. The summed E-state index contributed by atoms with van der Waals surface area (Å²) in [5.41, 5.74) is 0.544. The average Bonchev–Trinajstić information content (AvgIpc) is 2.63. The highest BCUT2D eigenvalue weighted by Crippen LogP contribution is 2.14. The second-order valence-corrected chi connectivity index (χ2v) is 5.66. The van der Waals surface area contributed by atoms with Gasteiger partial charge in [0.25, 0.3) is 11.8 Å². The highest BCUT2D eigenvalue weighted by atomic mass is 19.1. The molecule has 0 radical (unpaired) electrons. The fourth-order valence-electron chi connectivity index (χ4n) is 2.47. The minimum Gasteiger partial charge on any atom is -0.339 e. The zero-order valence-electron chi connectivity index (χ0n) is 14.5. The highest BCUT2D eigenvalue weighted by molar-refractivity contribution is 6.04. The number of anilines is 1.